The van der Waals surface area contributed by atoms with Crippen LogP contribution in [-0.2, 0) is 14.3 Å². The lowest BCUT2D eigenvalue weighted by Crippen LogP contribution is -2.36. The monoisotopic (exact) mass is 433 g/mol. The van der Waals surface area contributed by atoms with E-state index in [1.165, 1.54) is 49.0 Å². The van der Waals surface area contributed by atoms with Crippen molar-refractivity contribution in [2.45, 2.75) is 23.9 Å². The molecule has 0 spiro atoms. The van der Waals surface area contributed by atoms with E-state index in [1.54, 1.807) is 16.7 Å². The summed E-state index contributed by atoms with van der Waals surface area (Å²) in [5, 5.41) is 7.87. The maximum atomic E-state index is 13.2. The lowest BCUT2D eigenvalue weighted by Gasteiger charge is -2.16. The molecular weight excluding hydrogens is 413 g/mol. The number of nitrogens with zero attached hydrogens (tertiary/aromatic N) is 4. The first-order valence-corrected chi connectivity index (χ1v) is 10.2. The van der Waals surface area contributed by atoms with Crippen molar-refractivity contribution in [2.24, 2.45) is 0 Å². The van der Waals surface area contributed by atoms with E-state index in [9.17, 15) is 14.0 Å². The third kappa shape index (κ3) is 3.83. The molecule has 1 aromatic carbocycles. The Balaban J connectivity index is 1.59. The smallest absolute Gasteiger partial charge is 0.265 e. The molecule has 2 aromatic heterocycles. The Kier molecular flexibility index (Phi) is 5.84. The van der Waals surface area contributed by atoms with Gasteiger partial charge >= 0.3 is 0 Å². The van der Waals surface area contributed by atoms with Crippen LogP contribution < -0.4 is 10.9 Å². The Hall–Kier alpha value is -2.76. The van der Waals surface area contributed by atoms with Gasteiger partial charge in [-0.2, -0.15) is 5.10 Å². The Morgan fingerprint density at radius 1 is 1.33 bits per heavy atom. The second-order valence-electron chi connectivity index (χ2n) is 6.71. The molecule has 1 aliphatic rings. The van der Waals surface area contributed by atoms with Crippen molar-refractivity contribution >= 4 is 28.7 Å². The molecular formula is C19H20FN5O4S. The predicted octanol–water partition coefficient (Wildman–Crippen LogP) is 1.49. The van der Waals surface area contributed by atoms with Crippen LogP contribution in [-0.4, -0.2) is 58.0 Å². The van der Waals surface area contributed by atoms with Gasteiger partial charge in [0.15, 0.2) is 17.1 Å². The molecule has 0 saturated carbocycles. The fraction of sp³-hybridized carbons (Fsp3) is 0.368. The molecule has 0 aliphatic carbocycles. The number of fused-ring (bicyclic) bond motifs is 2. The van der Waals surface area contributed by atoms with E-state index < -0.39 is 6.29 Å². The van der Waals surface area contributed by atoms with E-state index in [4.69, 9.17) is 9.47 Å². The molecule has 0 radical (unpaired) electrons. The highest BCUT2D eigenvalue weighted by Gasteiger charge is 2.29. The topological polar surface area (TPSA) is 100 Å². The zero-order valence-corrected chi connectivity index (χ0v) is 17.2. The number of methoxy groups -OCH3 is 2. The van der Waals surface area contributed by atoms with Crippen molar-refractivity contribution in [3.05, 3.63) is 46.6 Å². The molecule has 3 heterocycles. The van der Waals surface area contributed by atoms with Crippen LogP contribution in [0.15, 0.2) is 40.4 Å². The van der Waals surface area contributed by atoms with Crippen LogP contribution in [0.2, 0.25) is 0 Å². The molecule has 0 saturated heterocycles. The van der Waals surface area contributed by atoms with Crippen LogP contribution in [0.1, 0.15) is 12.5 Å². The van der Waals surface area contributed by atoms with Crippen LogP contribution in [0.4, 0.5) is 4.39 Å². The van der Waals surface area contributed by atoms with Gasteiger partial charge in [0.25, 0.3) is 5.56 Å². The summed E-state index contributed by atoms with van der Waals surface area (Å²) in [7, 11) is 2.99. The van der Waals surface area contributed by atoms with Gasteiger partial charge in [-0.15, -0.1) is 0 Å². The van der Waals surface area contributed by atoms with Crippen molar-refractivity contribution in [2.75, 3.05) is 26.5 Å². The second-order valence-corrected chi connectivity index (χ2v) is 7.70. The fourth-order valence-electron chi connectivity index (χ4n) is 3.30. The fourth-order valence-corrected chi connectivity index (χ4v) is 4.43. The summed E-state index contributed by atoms with van der Waals surface area (Å²) in [6.45, 7) is 0.217. The molecule has 1 N–H and O–H groups in total. The zero-order chi connectivity index (χ0) is 21.3. The number of hydrogen-bond acceptors (Lipinski definition) is 7. The van der Waals surface area contributed by atoms with Crippen molar-refractivity contribution in [1.82, 2.24) is 24.6 Å². The number of aromatic nitrogens is 4. The molecule has 1 amide bonds. The maximum absolute atomic E-state index is 13.2. The quantitative estimate of drug-likeness (QED) is 0.445. The van der Waals surface area contributed by atoms with Gasteiger partial charge in [0, 0.05) is 26.4 Å². The molecule has 3 aromatic rings. The van der Waals surface area contributed by atoms with Crippen molar-refractivity contribution in [3.63, 3.8) is 0 Å². The number of halogens is 1. The number of carbonyl (C=O) groups excluding carboxylic acids is 1. The standard InChI is InChI=1S/C19H20FN5O4S/c1-28-16(29-2)9-21-15(26)7-13-10-30-19-23-17-14(18(27)24(13)19)8-22-25(17)12-5-3-11(20)4-6-12/h3-6,8,13,16H,7,9-10H2,1-2H3,(H,21,26). The number of nitrogens with one attached hydrogen (secondary N) is 1. The summed E-state index contributed by atoms with van der Waals surface area (Å²) in [5.41, 5.74) is 0.754. The number of amides is 1. The average Bonchev–Trinajstić information content (AvgIpc) is 3.34. The largest absolute Gasteiger partial charge is 0.354 e. The molecule has 1 unspecified atom stereocenters. The number of carbonyl (C=O) groups is 1. The first kappa shape index (κ1) is 20.5. The third-order valence-corrected chi connectivity index (χ3v) is 5.95. The third-order valence-electron chi connectivity index (χ3n) is 4.85. The van der Waals surface area contributed by atoms with Gasteiger partial charge in [0.05, 0.1) is 24.5 Å². The summed E-state index contributed by atoms with van der Waals surface area (Å²) in [6, 6.07) is 5.48. The van der Waals surface area contributed by atoms with Gasteiger partial charge < -0.3 is 14.8 Å². The maximum Gasteiger partial charge on any atom is 0.265 e. The summed E-state index contributed by atoms with van der Waals surface area (Å²) in [4.78, 5) is 30.0. The number of rotatable bonds is 7. The molecule has 9 nitrogen and oxygen atoms in total. The van der Waals surface area contributed by atoms with Crippen molar-refractivity contribution < 1.29 is 18.7 Å². The first-order chi connectivity index (χ1) is 14.5. The minimum atomic E-state index is -0.527. The predicted molar refractivity (Wildman–Crippen MR) is 108 cm³/mol. The number of benzene rings is 1. The molecule has 4 rings (SSSR count). The first-order valence-electron chi connectivity index (χ1n) is 9.23. The molecule has 1 aliphatic heterocycles. The summed E-state index contributed by atoms with van der Waals surface area (Å²) in [5.74, 6) is -0.00536. The van der Waals surface area contributed by atoms with Crippen molar-refractivity contribution in [3.8, 4) is 5.69 Å². The minimum Gasteiger partial charge on any atom is -0.354 e. The normalized spacial score (nSPS) is 15.7. The van der Waals surface area contributed by atoms with E-state index in [0.29, 0.717) is 27.6 Å². The van der Waals surface area contributed by atoms with Crippen LogP contribution >= 0.6 is 11.8 Å². The Morgan fingerprint density at radius 2 is 2.07 bits per heavy atom. The summed E-state index contributed by atoms with van der Waals surface area (Å²) < 4.78 is 26.4. The zero-order valence-electron chi connectivity index (χ0n) is 16.4. The molecule has 11 heteroatoms. The molecule has 158 valence electrons. The van der Waals surface area contributed by atoms with Crippen LogP contribution in [0.25, 0.3) is 16.7 Å². The van der Waals surface area contributed by atoms with Gasteiger partial charge in [-0.1, -0.05) is 11.8 Å². The SMILES string of the molecule is COC(CNC(=O)CC1CSc2nc3c(cnn3-c3ccc(F)cc3)c(=O)n21)OC. The van der Waals surface area contributed by atoms with E-state index in [0.717, 1.165) is 0 Å². The highest BCUT2D eigenvalue weighted by atomic mass is 32.2. The van der Waals surface area contributed by atoms with Gasteiger partial charge in [-0.3, -0.25) is 14.2 Å². The van der Waals surface area contributed by atoms with Gasteiger partial charge in [-0.25, -0.2) is 14.1 Å². The highest BCUT2D eigenvalue weighted by molar-refractivity contribution is 7.99. The molecule has 30 heavy (non-hydrogen) atoms. The number of ether oxygens (including phenoxy) is 2. The van der Waals surface area contributed by atoms with E-state index in [2.05, 4.69) is 15.4 Å². The van der Waals surface area contributed by atoms with E-state index >= 15 is 0 Å². The van der Waals surface area contributed by atoms with E-state index in [-0.39, 0.29) is 36.3 Å². The second kappa shape index (κ2) is 8.54. The van der Waals surface area contributed by atoms with Crippen LogP contribution in [0.3, 0.4) is 0 Å². The summed E-state index contributed by atoms with van der Waals surface area (Å²) in [6.07, 6.45) is 1.06. The Labute approximate surface area is 175 Å². The van der Waals surface area contributed by atoms with Gasteiger partial charge in [0.1, 0.15) is 11.2 Å². The van der Waals surface area contributed by atoms with Crippen molar-refractivity contribution in [1.29, 1.82) is 0 Å². The van der Waals surface area contributed by atoms with Gasteiger partial charge in [0.2, 0.25) is 5.91 Å². The minimum absolute atomic E-state index is 0.138. The lowest BCUT2D eigenvalue weighted by molar-refractivity contribution is -0.128. The Bertz CT molecular complexity index is 1130. The van der Waals surface area contributed by atoms with Crippen LogP contribution in [0, 0.1) is 5.82 Å². The molecule has 0 fully saturated rings. The highest BCUT2D eigenvalue weighted by Crippen LogP contribution is 2.33. The Morgan fingerprint density at radius 3 is 2.77 bits per heavy atom. The average molecular weight is 433 g/mol. The van der Waals surface area contributed by atoms with E-state index in [1.807, 2.05) is 0 Å². The summed E-state index contributed by atoms with van der Waals surface area (Å²) >= 11 is 1.41. The molecule has 1 atom stereocenters. The molecule has 0 bridgehead atoms. The van der Waals surface area contributed by atoms with Gasteiger partial charge in [-0.05, 0) is 24.3 Å². The number of hydrogen-bond donors (Lipinski definition) is 1. The van der Waals surface area contributed by atoms with Crippen LogP contribution in [0.5, 0.6) is 0 Å². The lowest BCUT2D eigenvalue weighted by atomic mass is 10.2. The number of thioether (sulfide) groups is 1.